The van der Waals surface area contributed by atoms with E-state index in [0.717, 1.165) is 22.2 Å². The summed E-state index contributed by atoms with van der Waals surface area (Å²) in [7, 11) is 0. The van der Waals surface area contributed by atoms with Crippen molar-refractivity contribution in [2.24, 2.45) is 5.73 Å². The summed E-state index contributed by atoms with van der Waals surface area (Å²) in [5.74, 6) is 0. The van der Waals surface area contributed by atoms with Crippen LogP contribution in [0.1, 0.15) is 11.3 Å². The summed E-state index contributed by atoms with van der Waals surface area (Å²) in [6.45, 7) is 0.716. The molecule has 2 aromatic heterocycles. The average Bonchev–Trinajstić information content (AvgIpc) is 2.87. The van der Waals surface area contributed by atoms with Crippen LogP contribution in [0.3, 0.4) is 0 Å². The lowest BCUT2D eigenvalue weighted by molar-refractivity contribution is 0.802. The fourth-order valence-electron chi connectivity index (χ4n) is 2.25. The topological polar surface area (TPSA) is 43.8 Å². The molecule has 0 amide bonds. The summed E-state index contributed by atoms with van der Waals surface area (Å²) in [6, 6.07) is 14.1. The number of hydrogen-bond acceptors (Lipinski definition) is 2. The van der Waals surface area contributed by atoms with Crippen LogP contribution >= 0.6 is 12.2 Å². The minimum absolute atomic E-state index is 0.415. The summed E-state index contributed by atoms with van der Waals surface area (Å²) in [6.07, 6.45) is 3.80. The number of nitrogens with two attached hydrogens (primary N) is 1. The highest BCUT2D eigenvalue weighted by Gasteiger charge is 2.07. The van der Waals surface area contributed by atoms with Gasteiger partial charge in [-0.3, -0.25) is 4.98 Å². The Bertz CT molecular complexity index is 740. The zero-order valence-electron chi connectivity index (χ0n) is 10.3. The number of benzene rings is 1. The van der Waals surface area contributed by atoms with Crippen molar-refractivity contribution in [3.8, 4) is 0 Å². The van der Waals surface area contributed by atoms with E-state index in [0.29, 0.717) is 11.5 Å². The molecule has 0 spiro atoms. The van der Waals surface area contributed by atoms with Crippen molar-refractivity contribution >= 4 is 28.1 Å². The van der Waals surface area contributed by atoms with E-state index in [1.807, 2.05) is 41.2 Å². The zero-order valence-corrected chi connectivity index (χ0v) is 11.1. The minimum Gasteiger partial charge on any atom is -0.388 e. The lowest BCUT2D eigenvalue weighted by atomic mass is 10.1. The summed E-state index contributed by atoms with van der Waals surface area (Å²) >= 11 is 5.06. The van der Waals surface area contributed by atoms with Gasteiger partial charge in [0, 0.05) is 24.3 Å². The SMILES string of the molecule is NC(=S)c1cccn1Cc1cccc2cccnc12. The molecule has 19 heavy (non-hydrogen) atoms. The van der Waals surface area contributed by atoms with Crippen LogP contribution in [0.2, 0.25) is 0 Å². The van der Waals surface area contributed by atoms with Gasteiger partial charge >= 0.3 is 0 Å². The van der Waals surface area contributed by atoms with Gasteiger partial charge in [-0.25, -0.2) is 0 Å². The van der Waals surface area contributed by atoms with Gasteiger partial charge in [0.2, 0.25) is 0 Å². The summed E-state index contributed by atoms with van der Waals surface area (Å²) in [5.41, 5.74) is 8.78. The standard InChI is InChI=1S/C15H13N3S/c16-15(19)13-7-3-9-18(13)10-12-5-1-4-11-6-2-8-17-14(11)12/h1-9H,10H2,(H2,16,19). The summed E-state index contributed by atoms with van der Waals surface area (Å²) in [5, 5.41) is 1.14. The first kappa shape index (κ1) is 11.9. The lowest BCUT2D eigenvalue weighted by Crippen LogP contribution is -2.15. The average molecular weight is 267 g/mol. The third kappa shape index (κ3) is 2.22. The number of fused-ring (bicyclic) bond motifs is 1. The number of aromatic nitrogens is 2. The Morgan fingerprint density at radius 1 is 1.16 bits per heavy atom. The zero-order chi connectivity index (χ0) is 13.2. The maximum Gasteiger partial charge on any atom is 0.120 e. The third-order valence-corrected chi connectivity index (χ3v) is 3.35. The van der Waals surface area contributed by atoms with Crippen molar-refractivity contribution in [3.63, 3.8) is 0 Å². The molecule has 0 aliphatic heterocycles. The second kappa shape index (κ2) is 4.82. The molecule has 0 aliphatic rings. The Morgan fingerprint density at radius 3 is 2.84 bits per heavy atom. The van der Waals surface area contributed by atoms with E-state index in [9.17, 15) is 0 Å². The molecule has 0 aliphatic carbocycles. The molecule has 0 atom stereocenters. The Morgan fingerprint density at radius 2 is 2.00 bits per heavy atom. The molecule has 94 valence electrons. The van der Waals surface area contributed by atoms with Crippen molar-refractivity contribution in [3.05, 3.63) is 66.1 Å². The first-order valence-corrected chi connectivity index (χ1v) is 6.44. The molecule has 3 aromatic rings. The van der Waals surface area contributed by atoms with Gasteiger partial charge in [-0.05, 0) is 23.8 Å². The highest BCUT2D eigenvalue weighted by atomic mass is 32.1. The molecule has 0 saturated carbocycles. The minimum atomic E-state index is 0.415. The van der Waals surface area contributed by atoms with Crippen LogP contribution in [0.15, 0.2) is 54.9 Å². The van der Waals surface area contributed by atoms with Gasteiger partial charge in [0.25, 0.3) is 0 Å². The highest BCUT2D eigenvalue weighted by molar-refractivity contribution is 7.80. The number of para-hydroxylation sites is 1. The molecular weight excluding hydrogens is 254 g/mol. The van der Waals surface area contributed by atoms with Crippen molar-refractivity contribution < 1.29 is 0 Å². The van der Waals surface area contributed by atoms with E-state index in [1.165, 1.54) is 0 Å². The number of pyridine rings is 1. The maximum absolute atomic E-state index is 5.72. The molecule has 0 fully saturated rings. The number of hydrogen-bond donors (Lipinski definition) is 1. The fraction of sp³-hybridized carbons (Fsp3) is 0.0667. The predicted molar refractivity (Wildman–Crippen MR) is 81.2 cm³/mol. The second-order valence-corrected chi connectivity index (χ2v) is 4.82. The van der Waals surface area contributed by atoms with Crippen LogP contribution in [0, 0.1) is 0 Å². The van der Waals surface area contributed by atoms with Gasteiger partial charge in [-0.2, -0.15) is 0 Å². The van der Waals surface area contributed by atoms with Crippen molar-refractivity contribution in [1.29, 1.82) is 0 Å². The van der Waals surface area contributed by atoms with Crippen LogP contribution < -0.4 is 5.73 Å². The van der Waals surface area contributed by atoms with E-state index in [-0.39, 0.29) is 0 Å². The molecule has 1 aromatic carbocycles. The molecule has 0 saturated heterocycles. The van der Waals surface area contributed by atoms with Gasteiger partial charge in [0.1, 0.15) is 4.99 Å². The molecule has 2 N–H and O–H groups in total. The quantitative estimate of drug-likeness (QED) is 0.742. The monoisotopic (exact) mass is 267 g/mol. The van der Waals surface area contributed by atoms with E-state index in [2.05, 4.69) is 23.2 Å². The van der Waals surface area contributed by atoms with Crippen LogP contribution in [0.4, 0.5) is 0 Å². The van der Waals surface area contributed by atoms with Crippen molar-refractivity contribution in [1.82, 2.24) is 9.55 Å². The highest BCUT2D eigenvalue weighted by Crippen LogP contribution is 2.18. The second-order valence-electron chi connectivity index (χ2n) is 4.38. The summed E-state index contributed by atoms with van der Waals surface area (Å²) in [4.78, 5) is 4.87. The van der Waals surface area contributed by atoms with Crippen LogP contribution in [-0.2, 0) is 6.54 Å². The summed E-state index contributed by atoms with van der Waals surface area (Å²) < 4.78 is 2.05. The molecule has 3 rings (SSSR count). The van der Waals surface area contributed by atoms with Gasteiger partial charge in [-0.1, -0.05) is 36.5 Å². The Labute approximate surface area is 116 Å². The van der Waals surface area contributed by atoms with Gasteiger partial charge < -0.3 is 10.3 Å². The van der Waals surface area contributed by atoms with Crippen molar-refractivity contribution in [2.45, 2.75) is 6.54 Å². The van der Waals surface area contributed by atoms with Gasteiger partial charge in [0.15, 0.2) is 0 Å². The van der Waals surface area contributed by atoms with Crippen LogP contribution in [0.5, 0.6) is 0 Å². The fourth-order valence-corrected chi connectivity index (χ4v) is 2.44. The third-order valence-electron chi connectivity index (χ3n) is 3.14. The molecule has 0 unspecified atom stereocenters. The van der Waals surface area contributed by atoms with E-state index in [1.54, 1.807) is 0 Å². The largest absolute Gasteiger partial charge is 0.388 e. The van der Waals surface area contributed by atoms with E-state index >= 15 is 0 Å². The smallest absolute Gasteiger partial charge is 0.120 e. The van der Waals surface area contributed by atoms with Crippen molar-refractivity contribution in [2.75, 3.05) is 0 Å². The Kier molecular flexibility index (Phi) is 3.01. The first-order valence-electron chi connectivity index (χ1n) is 6.03. The maximum atomic E-state index is 5.72. The normalized spacial score (nSPS) is 10.7. The molecule has 2 heterocycles. The first-order chi connectivity index (χ1) is 9.25. The number of nitrogens with zero attached hydrogens (tertiary/aromatic N) is 2. The molecule has 3 nitrogen and oxygen atoms in total. The Hall–Kier alpha value is -2.20. The van der Waals surface area contributed by atoms with Crippen LogP contribution in [0.25, 0.3) is 10.9 Å². The number of thiocarbonyl (C=S) groups is 1. The van der Waals surface area contributed by atoms with E-state index in [4.69, 9.17) is 18.0 Å². The lowest BCUT2D eigenvalue weighted by Gasteiger charge is -2.10. The van der Waals surface area contributed by atoms with E-state index < -0.39 is 0 Å². The molecule has 4 heteroatoms. The molecular formula is C15H13N3S. The Balaban J connectivity index is 2.06. The molecule has 0 radical (unpaired) electrons. The predicted octanol–water partition coefficient (Wildman–Crippen LogP) is 2.72. The number of rotatable bonds is 3. The molecule has 0 bridgehead atoms. The van der Waals surface area contributed by atoms with Gasteiger partial charge in [0.05, 0.1) is 11.2 Å². The van der Waals surface area contributed by atoms with Crippen LogP contribution in [-0.4, -0.2) is 14.5 Å². The van der Waals surface area contributed by atoms with Gasteiger partial charge in [-0.15, -0.1) is 0 Å².